The normalized spacial score (nSPS) is 20.1. The first-order valence-electron chi connectivity index (χ1n) is 6.44. The van der Waals surface area contributed by atoms with Crippen LogP contribution in [0.2, 0.25) is 0 Å². The monoisotopic (exact) mass is 303 g/mol. The number of aryl methyl sites for hydroxylation is 1. The van der Waals surface area contributed by atoms with E-state index in [1.54, 1.807) is 11.7 Å². The topological polar surface area (TPSA) is 72.3 Å². The minimum Gasteiger partial charge on any atom is -0.297 e. The molecule has 0 N–H and O–H groups in total. The van der Waals surface area contributed by atoms with Crippen LogP contribution in [-0.2, 0) is 22.1 Å². The van der Waals surface area contributed by atoms with Crippen molar-refractivity contribution in [2.24, 2.45) is 13.0 Å². The van der Waals surface area contributed by atoms with Gasteiger partial charge in [-0.2, -0.15) is 13.5 Å². The zero-order chi connectivity index (χ0) is 15.1. The average Bonchev–Trinajstić information content (AvgIpc) is 2.80. The maximum Gasteiger partial charge on any atom is 0.302 e. The Hall–Kier alpha value is -1.44. The van der Waals surface area contributed by atoms with Gasteiger partial charge in [0.2, 0.25) is 5.91 Å². The molecule has 1 fully saturated rings. The first kappa shape index (κ1) is 15.0. The number of carbonyl (C=O) groups is 1. The third-order valence-corrected chi connectivity index (χ3v) is 4.25. The number of anilines is 1. The van der Waals surface area contributed by atoms with E-state index in [9.17, 15) is 17.1 Å². The van der Waals surface area contributed by atoms with Gasteiger partial charge in [-0.3, -0.25) is 14.4 Å². The van der Waals surface area contributed by atoms with Crippen molar-refractivity contribution in [3.05, 3.63) is 11.8 Å². The quantitative estimate of drug-likeness (QED) is 0.783. The van der Waals surface area contributed by atoms with E-state index >= 15 is 0 Å². The van der Waals surface area contributed by atoms with Crippen molar-refractivity contribution < 1.29 is 17.1 Å². The number of amides is 1. The smallest absolute Gasteiger partial charge is 0.297 e. The van der Waals surface area contributed by atoms with Gasteiger partial charge < -0.3 is 0 Å². The number of rotatable bonds is 4. The van der Waals surface area contributed by atoms with E-state index in [1.807, 2.05) is 19.9 Å². The maximum absolute atomic E-state index is 12.7. The van der Waals surface area contributed by atoms with Crippen LogP contribution in [0.1, 0.15) is 31.9 Å². The third kappa shape index (κ3) is 3.17. The van der Waals surface area contributed by atoms with E-state index in [0.717, 1.165) is 5.69 Å². The fourth-order valence-corrected chi connectivity index (χ4v) is 3.20. The maximum atomic E-state index is 12.7. The summed E-state index contributed by atoms with van der Waals surface area (Å²) in [6.45, 7) is 4.20. The van der Waals surface area contributed by atoms with Crippen molar-refractivity contribution in [1.82, 2.24) is 9.78 Å². The van der Waals surface area contributed by atoms with Gasteiger partial charge in [-0.1, -0.05) is 13.8 Å². The molecule has 1 aliphatic heterocycles. The van der Waals surface area contributed by atoms with Crippen molar-refractivity contribution in [2.75, 3.05) is 17.2 Å². The fourth-order valence-electron chi connectivity index (χ4n) is 2.41. The van der Waals surface area contributed by atoms with Gasteiger partial charge in [-0.15, -0.1) is 3.89 Å². The summed E-state index contributed by atoms with van der Waals surface area (Å²) in [7, 11) is -2.83. The van der Waals surface area contributed by atoms with E-state index in [0.29, 0.717) is 5.82 Å². The molecule has 0 aromatic carbocycles. The van der Waals surface area contributed by atoms with E-state index < -0.39 is 21.9 Å². The number of hydrogen-bond donors (Lipinski definition) is 0. The number of carbonyl (C=O) groups excluding carboxylic acids is 1. The van der Waals surface area contributed by atoms with Crippen molar-refractivity contribution in [1.29, 1.82) is 0 Å². The molecule has 0 spiro atoms. The second kappa shape index (κ2) is 5.16. The summed E-state index contributed by atoms with van der Waals surface area (Å²) in [4.78, 5) is 13.5. The number of aromatic nitrogens is 2. The Balaban J connectivity index is 2.20. The first-order chi connectivity index (χ1) is 9.17. The molecule has 1 unspecified atom stereocenters. The molecule has 112 valence electrons. The summed E-state index contributed by atoms with van der Waals surface area (Å²) in [5, 5.41) is 4.32. The van der Waals surface area contributed by atoms with Gasteiger partial charge in [0.15, 0.2) is 0 Å². The van der Waals surface area contributed by atoms with Gasteiger partial charge in [-0.05, 0) is 5.92 Å². The van der Waals surface area contributed by atoms with Crippen molar-refractivity contribution >= 4 is 21.9 Å². The highest BCUT2D eigenvalue weighted by molar-refractivity contribution is 7.86. The number of halogens is 1. The van der Waals surface area contributed by atoms with Crippen molar-refractivity contribution in [3.63, 3.8) is 0 Å². The van der Waals surface area contributed by atoms with Crippen molar-refractivity contribution in [3.8, 4) is 0 Å². The molecular weight excluding hydrogens is 285 g/mol. The molecule has 1 aliphatic rings. The van der Waals surface area contributed by atoms with E-state index in [4.69, 9.17) is 0 Å². The van der Waals surface area contributed by atoms with E-state index in [1.165, 1.54) is 4.90 Å². The molecule has 6 nitrogen and oxygen atoms in total. The summed E-state index contributed by atoms with van der Waals surface area (Å²) in [6, 6.07) is 1.81. The summed E-state index contributed by atoms with van der Waals surface area (Å²) in [6.07, 6.45) is 0.0470. The van der Waals surface area contributed by atoms with Gasteiger partial charge in [0, 0.05) is 32.0 Å². The van der Waals surface area contributed by atoms with Crippen LogP contribution in [0, 0.1) is 5.92 Å². The Kier molecular flexibility index (Phi) is 3.86. The lowest BCUT2D eigenvalue weighted by molar-refractivity contribution is -0.117. The summed E-state index contributed by atoms with van der Waals surface area (Å²) >= 11 is 0. The lowest BCUT2D eigenvalue weighted by Gasteiger charge is -2.15. The molecule has 1 aromatic heterocycles. The predicted molar refractivity (Wildman–Crippen MR) is 72.7 cm³/mol. The second-order valence-electron chi connectivity index (χ2n) is 5.49. The molecule has 2 heterocycles. The van der Waals surface area contributed by atoms with Gasteiger partial charge in [0.1, 0.15) is 5.82 Å². The zero-order valence-corrected chi connectivity index (χ0v) is 12.5. The van der Waals surface area contributed by atoms with Gasteiger partial charge >= 0.3 is 10.2 Å². The molecule has 1 atom stereocenters. The Morgan fingerprint density at radius 1 is 1.50 bits per heavy atom. The Bertz CT molecular complexity index is 624. The summed E-state index contributed by atoms with van der Waals surface area (Å²) < 4.78 is 35.7. The lowest BCUT2D eigenvalue weighted by atomic mass is 10.1. The first-order valence-corrected chi connectivity index (χ1v) is 7.99. The van der Waals surface area contributed by atoms with Crippen LogP contribution in [0.4, 0.5) is 9.70 Å². The highest BCUT2D eigenvalue weighted by Crippen LogP contribution is 2.28. The largest absolute Gasteiger partial charge is 0.302 e. The zero-order valence-electron chi connectivity index (χ0n) is 11.7. The number of nitrogens with zero attached hydrogens (tertiary/aromatic N) is 3. The van der Waals surface area contributed by atoms with Crippen LogP contribution in [0.15, 0.2) is 6.07 Å². The van der Waals surface area contributed by atoms with Gasteiger partial charge in [-0.25, -0.2) is 0 Å². The molecule has 1 aromatic rings. The highest BCUT2D eigenvalue weighted by Gasteiger charge is 2.35. The van der Waals surface area contributed by atoms with Crippen LogP contribution >= 0.6 is 0 Å². The molecule has 1 amide bonds. The van der Waals surface area contributed by atoms with E-state index in [-0.39, 0.29) is 24.8 Å². The molecule has 0 saturated carbocycles. The van der Waals surface area contributed by atoms with Crippen LogP contribution in [-0.4, -0.2) is 36.4 Å². The Labute approximate surface area is 117 Å². The van der Waals surface area contributed by atoms with Crippen LogP contribution < -0.4 is 4.90 Å². The Morgan fingerprint density at radius 2 is 2.15 bits per heavy atom. The molecule has 1 saturated heterocycles. The third-order valence-electron chi connectivity index (χ3n) is 3.38. The van der Waals surface area contributed by atoms with Crippen LogP contribution in [0.3, 0.4) is 0 Å². The van der Waals surface area contributed by atoms with E-state index in [2.05, 4.69) is 5.10 Å². The fraction of sp³-hybridized carbons (Fsp3) is 0.667. The minimum atomic E-state index is -4.56. The molecular formula is C12H18FN3O3S. The molecule has 2 rings (SSSR count). The molecule has 0 bridgehead atoms. The van der Waals surface area contributed by atoms with Gasteiger partial charge in [0.05, 0.1) is 11.4 Å². The standard InChI is InChI=1S/C12H18FN3O3S/c1-8(2)10-5-11(15(3)14-10)16-6-9(4-12(16)17)7-20(13,18)19/h5,8-9H,4,6-7H2,1-3H3. The predicted octanol–water partition coefficient (Wildman–Crippen LogP) is 1.20. The molecule has 0 radical (unpaired) electrons. The second-order valence-corrected chi connectivity index (χ2v) is 6.90. The van der Waals surface area contributed by atoms with Crippen LogP contribution in [0.5, 0.6) is 0 Å². The minimum absolute atomic E-state index is 0.0470. The molecule has 20 heavy (non-hydrogen) atoms. The van der Waals surface area contributed by atoms with Crippen LogP contribution in [0.25, 0.3) is 0 Å². The Morgan fingerprint density at radius 3 is 2.65 bits per heavy atom. The number of hydrogen-bond acceptors (Lipinski definition) is 4. The molecule has 8 heteroatoms. The van der Waals surface area contributed by atoms with Crippen molar-refractivity contribution in [2.45, 2.75) is 26.2 Å². The van der Waals surface area contributed by atoms with Gasteiger partial charge in [0.25, 0.3) is 0 Å². The summed E-state index contributed by atoms with van der Waals surface area (Å²) in [5.74, 6) is -0.455. The highest BCUT2D eigenvalue weighted by atomic mass is 32.3. The average molecular weight is 303 g/mol. The summed E-state index contributed by atoms with van der Waals surface area (Å²) in [5.41, 5.74) is 0.858. The molecule has 0 aliphatic carbocycles. The lowest BCUT2D eigenvalue weighted by Crippen LogP contribution is -2.27. The SMILES string of the molecule is CC(C)c1cc(N2CC(CS(=O)(=O)F)CC2=O)n(C)n1.